The van der Waals surface area contributed by atoms with Gasteiger partial charge < -0.3 is 5.32 Å². The molecule has 2 heterocycles. The number of pyridine rings is 1. The first kappa shape index (κ1) is 14.7. The van der Waals surface area contributed by atoms with E-state index in [-0.39, 0.29) is 10.6 Å². The van der Waals surface area contributed by atoms with Gasteiger partial charge in [-0.2, -0.15) is 0 Å². The van der Waals surface area contributed by atoms with E-state index in [0.29, 0.717) is 23.4 Å². The molecule has 7 heteroatoms. The van der Waals surface area contributed by atoms with Crippen molar-refractivity contribution in [2.45, 2.75) is 25.9 Å². The SMILES string of the molecule is CC1NNC(C)C1CNc1ccc([N+](=O)[O-])c2cnccc12. The van der Waals surface area contributed by atoms with Crippen LogP contribution in [-0.2, 0) is 0 Å². The summed E-state index contributed by atoms with van der Waals surface area (Å²) in [5, 5.41) is 15.9. The van der Waals surface area contributed by atoms with Gasteiger partial charge in [-0.05, 0) is 26.0 Å². The predicted octanol–water partition coefficient (Wildman–Crippen LogP) is 2.06. The van der Waals surface area contributed by atoms with Crippen molar-refractivity contribution in [3.05, 3.63) is 40.7 Å². The number of nitrogens with zero attached hydrogens (tertiary/aromatic N) is 2. The van der Waals surface area contributed by atoms with Crippen LogP contribution in [-0.4, -0.2) is 28.5 Å². The first-order valence-electron chi connectivity index (χ1n) is 7.34. The fraction of sp³-hybridized carbons (Fsp3) is 0.400. The lowest BCUT2D eigenvalue weighted by Crippen LogP contribution is -2.30. The Labute approximate surface area is 128 Å². The Kier molecular flexibility index (Phi) is 3.91. The van der Waals surface area contributed by atoms with Crippen molar-refractivity contribution in [1.29, 1.82) is 0 Å². The van der Waals surface area contributed by atoms with Gasteiger partial charge in [-0.15, -0.1) is 0 Å². The Bertz CT molecular complexity index is 695. The molecule has 1 aliphatic rings. The van der Waals surface area contributed by atoms with Crippen LogP contribution in [0.2, 0.25) is 0 Å². The predicted molar refractivity (Wildman–Crippen MR) is 85.6 cm³/mol. The van der Waals surface area contributed by atoms with E-state index < -0.39 is 0 Å². The van der Waals surface area contributed by atoms with Gasteiger partial charge in [0, 0.05) is 54.1 Å². The monoisotopic (exact) mass is 301 g/mol. The number of nitrogens with one attached hydrogen (secondary N) is 3. The van der Waals surface area contributed by atoms with Gasteiger partial charge in [-0.25, -0.2) is 0 Å². The Morgan fingerprint density at radius 1 is 1.23 bits per heavy atom. The third-order valence-electron chi connectivity index (χ3n) is 4.34. The molecule has 0 bridgehead atoms. The van der Waals surface area contributed by atoms with E-state index in [9.17, 15) is 10.1 Å². The highest BCUT2D eigenvalue weighted by Gasteiger charge is 2.29. The molecule has 7 nitrogen and oxygen atoms in total. The van der Waals surface area contributed by atoms with E-state index in [1.165, 1.54) is 6.07 Å². The van der Waals surface area contributed by atoms with Gasteiger partial charge in [-0.3, -0.25) is 25.9 Å². The summed E-state index contributed by atoms with van der Waals surface area (Å²) >= 11 is 0. The number of hydrogen-bond acceptors (Lipinski definition) is 6. The Morgan fingerprint density at radius 2 is 1.95 bits per heavy atom. The lowest BCUT2D eigenvalue weighted by atomic mass is 9.96. The Balaban J connectivity index is 1.88. The van der Waals surface area contributed by atoms with Crippen LogP contribution in [0.4, 0.5) is 11.4 Å². The molecule has 1 aromatic carbocycles. The highest BCUT2D eigenvalue weighted by Crippen LogP contribution is 2.31. The highest BCUT2D eigenvalue weighted by atomic mass is 16.6. The molecule has 116 valence electrons. The van der Waals surface area contributed by atoms with Crippen LogP contribution in [0.5, 0.6) is 0 Å². The summed E-state index contributed by atoms with van der Waals surface area (Å²) in [6.45, 7) is 5.07. The minimum Gasteiger partial charge on any atom is -0.384 e. The van der Waals surface area contributed by atoms with Gasteiger partial charge in [-0.1, -0.05) is 0 Å². The summed E-state index contributed by atoms with van der Waals surface area (Å²) in [5.41, 5.74) is 7.44. The van der Waals surface area contributed by atoms with Crippen LogP contribution < -0.4 is 16.2 Å². The summed E-state index contributed by atoms with van der Waals surface area (Å²) in [6, 6.07) is 5.85. The molecule has 0 radical (unpaired) electrons. The van der Waals surface area contributed by atoms with Crippen LogP contribution >= 0.6 is 0 Å². The third kappa shape index (κ3) is 2.60. The maximum atomic E-state index is 11.1. The zero-order valence-electron chi connectivity index (χ0n) is 12.5. The molecular formula is C15H19N5O2. The molecule has 3 rings (SSSR count). The van der Waals surface area contributed by atoms with Crippen molar-refractivity contribution in [2.24, 2.45) is 5.92 Å². The molecule has 1 aromatic heterocycles. The maximum absolute atomic E-state index is 11.1. The zero-order valence-corrected chi connectivity index (χ0v) is 12.5. The topological polar surface area (TPSA) is 92.1 Å². The zero-order chi connectivity index (χ0) is 15.7. The third-order valence-corrected chi connectivity index (χ3v) is 4.34. The average Bonchev–Trinajstić information content (AvgIpc) is 2.83. The number of benzene rings is 1. The second-order valence-corrected chi connectivity index (χ2v) is 5.72. The number of aromatic nitrogens is 1. The fourth-order valence-electron chi connectivity index (χ4n) is 2.98. The Hall–Kier alpha value is -2.25. The number of anilines is 1. The van der Waals surface area contributed by atoms with Crippen LogP contribution in [0.1, 0.15) is 13.8 Å². The van der Waals surface area contributed by atoms with Gasteiger partial charge in [0.05, 0.1) is 10.3 Å². The molecule has 1 fully saturated rings. The molecule has 22 heavy (non-hydrogen) atoms. The number of nitro benzene ring substituents is 1. The van der Waals surface area contributed by atoms with Gasteiger partial charge in [0.2, 0.25) is 0 Å². The van der Waals surface area contributed by atoms with Crippen molar-refractivity contribution in [1.82, 2.24) is 15.8 Å². The normalized spacial score (nSPS) is 24.5. The second-order valence-electron chi connectivity index (χ2n) is 5.72. The van der Waals surface area contributed by atoms with Crippen molar-refractivity contribution in [3.8, 4) is 0 Å². The molecule has 0 amide bonds. The van der Waals surface area contributed by atoms with E-state index in [2.05, 4.69) is 35.0 Å². The van der Waals surface area contributed by atoms with E-state index in [1.807, 2.05) is 6.07 Å². The van der Waals surface area contributed by atoms with Gasteiger partial charge in [0.25, 0.3) is 5.69 Å². The average molecular weight is 301 g/mol. The minimum atomic E-state index is -0.372. The molecule has 0 spiro atoms. The number of non-ortho nitro benzene ring substituents is 1. The molecule has 2 aromatic rings. The van der Waals surface area contributed by atoms with Crippen LogP contribution in [0.15, 0.2) is 30.6 Å². The molecule has 2 unspecified atom stereocenters. The molecule has 0 aliphatic carbocycles. The molecule has 1 saturated heterocycles. The largest absolute Gasteiger partial charge is 0.384 e. The first-order chi connectivity index (χ1) is 10.6. The van der Waals surface area contributed by atoms with Gasteiger partial charge >= 0.3 is 0 Å². The van der Waals surface area contributed by atoms with Crippen LogP contribution in [0.25, 0.3) is 10.8 Å². The summed E-state index contributed by atoms with van der Waals surface area (Å²) in [5.74, 6) is 0.437. The molecular weight excluding hydrogens is 282 g/mol. The van der Waals surface area contributed by atoms with E-state index >= 15 is 0 Å². The summed E-state index contributed by atoms with van der Waals surface area (Å²) in [4.78, 5) is 14.8. The smallest absolute Gasteiger partial charge is 0.278 e. The van der Waals surface area contributed by atoms with Crippen molar-refractivity contribution < 1.29 is 4.92 Å². The molecule has 0 saturated carbocycles. The van der Waals surface area contributed by atoms with Crippen molar-refractivity contribution in [3.63, 3.8) is 0 Å². The van der Waals surface area contributed by atoms with Crippen LogP contribution in [0.3, 0.4) is 0 Å². The van der Waals surface area contributed by atoms with E-state index in [0.717, 1.165) is 17.6 Å². The van der Waals surface area contributed by atoms with Gasteiger partial charge in [0.15, 0.2) is 0 Å². The number of hydrogen-bond donors (Lipinski definition) is 3. The lowest BCUT2D eigenvalue weighted by Gasteiger charge is -2.19. The quantitative estimate of drug-likeness (QED) is 0.591. The summed E-state index contributed by atoms with van der Waals surface area (Å²) in [7, 11) is 0. The molecule has 1 aliphatic heterocycles. The Morgan fingerprint density at radius 3 is 2.64 bits per heavy atom. The number of hydrazine groups is 1. The highest BCUT2D eigenvalue weighted by molar-refractivity contribution is 5.99. The van der Waals surface area contributed by atoms with Gasteiger partial charge in [0.1, 0.15) is 0 Å². The van der Waals surface area contributed by atoms with Crippen molar-refractivity contribution in [2.75, 3.05) is 11.9 Å². The van der Waals surface area contributed by atoms with Crippen molar-refractivity contribution >= 4 is 22.1 Å². The number of fused-ring (bicyclic) bond motifs is 1. The van der Waals surface area contributed by atoms with Crippen LogP contribution in [0, 0.1) is 16.0 Å². The lowest BCUT2D eigenvalue weighted by molar-refractivity contribution is -0.383. The minimum absolute atomic E-state index is 0.0829. The standard InChI is InChI=1S/C15H19N5O2/c1-9-12(10(2)19-18-9)8-17-14-3-4-15(20(21)22)13-7-16-6-5-11(13)14/h3-7,9-10,12,17-19H,8H2,1-2H3. The summed E-state index contributed by atoms with van der Waals surface area (Å²) in [6.07, 6.45) is 3.20. The fourth-order valence-corrected chi connectivity index (χ4v) is 2.98. The van der Waals surface area contributed by atoms with E-state index in [1.54, 1.807) is 18.5 Å². The number of nitro groups is 1. The molecule has 2 atom stereocenters. The summed E-state index contributed by atoms with van der Waals surface area (Å²) < 4.78 is 0. The molecule has 3 N–H and O–H groups in total. The van der Waals surface area contributed by atoms with E-state index in [4.69, 9.17) is 0 Å². The maximum Gasteiger partial charge on any atom is 0.278 e. The first-order valence-corrected chi connectivity index (χ1v) is 7.34. The number of rotatable bonds is 4. The second kappa shape index (κ2) is 5.86.